The maximum atomic E-state index is 10.8. The van der Waals surface area contributed by atoms with Gasteiger partial charge < -0.3 is 9.84 Å². The summed E-state index contributed by atoms with van der Waals surface area (Å²) in [5, 5.41) is 8.91. The molecule has 1 saturated heterocycles. The van der Waals surface area contributed by atoms with Crippen LogP contribution in [-0.2, 0) is 11.3 Å². The second-order valence-electron chi connectivity index (χ2n) is 5.43. The number of morpholine rings is 1. The van der Waals surface area contributed by atoms with Crippen molar-refractivity contribution >= 4 is 17.3 Å². The van der Waals surface area contributed by atoms with Gasteiger partial charge >= 0.3 is 5.97 Å². The highest BCUT2D eigenvalue weighted by atomic mass is 32.1. The summed E-state index contributed by atoms with van der Waals surface area (Å²) >= 11 is 1.35. The van der Waals surface area contributed by atoms with Crippen LogP contribution in [0.4, 0.5) is 0 Å². The fourth-order valence-corrected chi connectivity index (χ4v) is 3.39. The molecule has 100 valence electrons. The highest BCUT2D eigenvalue weighted by Gasteiger charge is 2.31. The lowest BCUT2D eigenvalue weighted by molar-refractivity contribution is -0.130. The molecule has 0 aliphatic carbocycles. The zero-order chi connectivity index (χ0) is 13.3. The lowest BCUT2D eigenvalue weighted by Crippen LogP contribution is -2.51. The van der Waals surface area contributed by atoms with Crippen molar-refractivity contribution < 1.29 is 14.6 Å². The van der Waals surface area contributed by atoms with Crippen LogP contribution in [0.3, 0.4) is 0 Å². The van der Waals surface area contributed by atoms with E-state index >= 15 is 0 Å². The Labute approximate surface area is 111 Å². The van der Waals surface area contributed by atoms with Crippen LogP contribution in [0.25, 0.3) is 0 Å². The van der Waals surface area contributed by atoms with Crippen LogP contribution in [0.1, 0.15) is 35.3 Å². The van der Waals surface area contributed by atoms with E-state index in [0.717, 1.165) is 24.5 Å². The van der Waals surface area contributed by atoms with Crippen LogP contribution < -0.4 is 0 Å². The van der Waals surface area contributed by atoms with Crippen molar-refractivity contribution in [3.63, 3.8) is 0 Å². The first kappa shape index (κ1) is 13.5. The Morgan fingerprint density at radius 3 is 2.89 bits per heavy atom. The number of hydrogen-bond donors (Lipinski definition) is 1. The molecule has 1 atom stereocenters. The number of carbonyl (C=O) groups is 1. The average Bonchev–Trinajstić information content (AvgIpc) is 2.62. The number of aromatic carboxylic acids is 1. The third kappa shape index (κ3) is 3.31. The molecule has 5 heteroatoms. The minimum Gasteiger partial charge on any atom is -0.477 e. The van der Waals surface area contributed by atoms with Gasteiger partial charge in [-0.25, -0.2) is 4.79 Å². The molecule has 1 aliphatic rings. The van der Waals surface area contributed by atoms with Gasteiger partial charge in [0.1, 0.15) is 4.88 Å². The molecule has 1 fully saturated rings. The molecule has 0 aromatic carbocycles. The van der Waals surface area contributed by atoms with Crippen LogP contribution in [0.2, 0.25) is 0 Å². The van der Waals surface area contributed by atoms with E-state index in [9.17, 15) is 4.79 Å². The van der Waals surface area contributed by atoms with Gasteiger partial charge in [0.15, 0.2) is 0 Å². The summed E-state index contributed by atoms with van der Waals surface area (Å²) in [6, 6.07) is 3.58. The molecule has 0 bridgehead atoms. The van der Waals surface area contributed by atoms with Crippen molar-refractivity contribution in [3.8, 4) is 0 Å². The smallest absolute Gasteiger partial charge is 0.345 e. The van der Waals surface area contributed by atoms with Gasteiger partial charge in [0.25, 0.3) is 0 Å². The predicted octanol–water partition coefficient (Wildman–Crippen LogP) is 2.45. The van der Waals surface area contributed by atoms with Crippen molar-refractivity contribution in [1.82, 2.24) is 4.90 Å². The second-order valence-corrected chi connectivity index (χ2v) is 6.60. The number of nitrogens with zero attached hydrogens (tertiary/aromatic N) is 1. The topological polar surface area (TPSA) is 49.8 Å². The molecule has 0 amide bonds. The number of rotatable bonds is 3. The van der Waals surface area contributed by atoms with Crippen LogP contribution in [0.5, 0.6) is 0 Å². The Morgan fingerprint density at radius 1 is 1.61 bits per heavy atom. The van der Waals surface area contributed by atoms with E-state index in [-0.39, 0.29) is 11.7 Å². The molecule has 2 rings (SSSR count). The third-order valence-corrected chi connectivity index (χ3v) is 3.95. The van der Waals surface area contributed by atoms with Gasteiger partial charge in [-0.3, -0.25) is 4.90 Å². The van der Waals surface area contributed by atoms with Crippen molar-refractivity contribution in [2.75, 3.05) is 13.1 Å². The first-order valence-electron chi connectivity index (χ1n) is 6.08. The fraction of sp³-hybridized carbons (Fsp3) is 0.615. The Kier molecular flexibility index (Phi) is 3.75. The van der Waals surface area contributed by atoms with Gasteiger partial charge in [0.2, 0.25) is 0 Å². The predicted molar refractivity (Wildman–Crippen MR) is 71.2 cm³/mol. The Balaban J connectivity index is 2.02. The van der Waals surface area contributed by atoms with Crippen molar-refractivity contribution in [2.45, 2.75) is 39.0 Å². The summed E-state index contributed by atoms with van der Waals surface area (Å²) in [6.45, 7) is 8.82. The highest BCUT2D eigenvalue weighted by molar-refractivity contribution is 7.13. The number of carboxylic acids is 1. The van der Waals surface area contributed by atoms with Gasteiger partial charge in [-0.1, -0.05) is 0 Å². The van der Waals surface area contributed by atoms with E-state index < -0.39 is 5.97 Å². The van der Waals surface area contributed by atoms with Gasteiger partial charge in [0.05, 0.1) is 11.7 Å². The molecule has 1 aliphatic heterocycles. The van der Waals surface area contributed by atoms with Crippen LogP contribution in [-0.4, -0.2) is 40.8 Å². The van der Waals surface area contributed by atoms with Crippen molar-refractivity contribution in [2.24, 2.45) is 0 Å². The molecular weight excluding hydrogens is 250 g/mol. The van der Waals surface area contributed by atoms with Crippen LogP contribution in [0.15, 0.2) is 12.1 Å². The maximum Gasteiger partial charge on any atom is 0.345 e. The summed E-state index contributed by atoms with van der Waals surface area (Å²) in [7, 11) is 0. The first-order chi connectivity index (χ1) is 8.35. The molecule has 0 saturated carbocycles. The number of carboxylic acid groups (broad SMARTS) is 1. The normalized spacial score (nSPS) is 24.1. The quantitative estimate of drug-likeness (QED) is 0.915. The molecule has 0 spiro atoms. The molecule has 18 heavy (non-hydrogen) atoms. The Bertz CT molecular complexity index is 441. The molecule has 1 unspecified atom stereocenters. The first-order valence-corrected chi connectivity index (χ1v) is 6.89. The molecule has 1 aromatic rings. The lowest BCUT2D eigenvalue weighted by Gasteiger charge is -2.41. The van der Waals surface area contributed by atoms with Gasteiger partial charge in [-0.05, 0) is 32.9 Å². The van der Waals surface area contributed by atoms with Gasteiger partial charge in [-0.2, -0.15) is 0 Å². The average molecular weight is 269 g/mol. The van der Waals surface area contributed by atoms with Gasteiger partial charge in [-0.15, -0.1) is 11.3 Å². The van der Waals surface area contributed by atoms with Crippen molar-refractivity contribution in [3.05, 3.63) is 21.9 Å². The zero-order valence-electron chi connectivity index (χ0n) is 11.0. The summed E-state index contributed by atoms with van der Waals surface area (Å²) < 4.78 is 5.85. The van der Waals surface area contributed by atoms with E-state index in [1.54, 1.807) is 6.07 Å². The lowest BCUT2D eigenvalue weighted by atomic mass is 10.1. The zero-order valence-corrected chi connectivity index (χ0v) is 11.8. The van der Waals surface area contributed by atoms with E-state index in [2.05, 4.69) is 25.7 Å². The van der Waals surface area contributed by atoms with E-state index in [1.165, 1.54) is 11.3 Å². The van der Waals surface area contributed by atoms with Crippen LogP contribution >= 0.6 is 11.3 Å². The minimum atomic E-state index is -0.845. The fourth-order valence-electron chi connectivity index (χ4n) is 2.50. The summed E-state index contributed by atoms with van der Waals surface area (Å²) in [6.07, 6.45) is 0.215. The molecular formula is C13H19NO3S. The second kappa shape index (κ2) is 4.99. The SMILES string of the molecule is CC1CN(Cc2ccc(C(=O)O)s2)CC(C)(C)O1. The number of ether oxygens (including phenoxy) is 1. The summed E-state index contributed by atoms with van der Waals surface area (Å²) in [5.74, 6) is -0.845. The van der Waals surface area contributed by atoms with Crippen LogP contribution in [0, 0.1) is 0 Å². The minimum absolute atomic E-state index is 0.134. The van der Waals surface area contributed by atoms with Crippen molar-refractivity contribution in [1.29, 1.82) is 0 Å². The Hall–Kier alpha value is -0.910. The number of hydrogen-bond acceptors (Lipinski definition) is 4. The van der Waals surface area contributed by atoms with E-state index in [4.69, 9.17) is 9.84 Å². The molecule has 0 radical (unpaired) electrons. The summed E-state index contributed by atoms with van der Waals surface area (Å²) in [4.78, 5) is 14.7. The highest BCUT2D eigenvalue weighted by Crippen LogP contribution is 2.24. The molecule has 4 nitrogen and oxygen atoms in total. The monoisotopic (exact) mass is 269 g/mol. The van der Waals surface area contributed by atoms with E-state index in [1.807, 2.05) is 6.07 Å². The third-order valence-electron chi connectivity index (χ3n) is 2.89. The van der Waals surface area contributed by atoms with Gasteiger partial charge in [0, 0.05) is 24.5 Å². The molecule has 1 aromatic heterocycles. The summed E-state index contributed by atoms with van der Waals surface area (Å²) in [5.41, 5.74) is -0.134. The molecule has 1 N–H and O–H groups in total. The number of thiophene rings is 1. The maximum absolute atomic E-state index is 10.8. The Morgan fingerprint density at radius 2 is 2.33 bits per heavy atom. The molecule has 2 heterocycles. The largest absolute Gasteiger partial charge is 0.477 e. The van der Waals surface area contributed by atoms with E-state index in [0.29, 0.717) is 4.88 Å². The standard InChI is InChI=1S/C13H19NO3S/c1-9-6-14(8-13(2,3)17-9)7-10-4-5-11(18-10)12(15)16/h4-5,9H,6-8H2,1-3H3,(H,15,16).